The molecule has 2 aromatic rings. The van der Waals surface area contributed by atoms with Crippen molar-refractivity contribution in [2.75, 3.05) is 0 Å². The van der Waals surface area contributed by atoms with Crippen LogP contribution >= 0.6 is 0 Å². The number of halogens is 1. The summed E-state index contributed by atoms with van der Waals surface area (Å²) < 4.78 is 19.0. The fourth-order valence-corrected chi connectivity index (χ4v) is 2.07. The Labute approximate surface area is 119 Å². The fourth-order valence-electron chi connectivity index (χ4n) is 2.07. The Bertz CT molecular complexity index is 578. The highest BCUT2D eigenvalue weighted by Crippen LogP contribution is 2.26. The third-order valence-corrected chi connectivity index (χ3v) is 3.42. The van der Waals surface area contributed by atoms with Gasteiger partial charge in [-0.1, -0.05) is 18.2 Å². The summed E-state index contributed by atoms with van der Waals surface area (Å²) >= 11 is 0. The van der Waals surface area contributed by atoms with E-state index in [2.05, 4.69) is 6.92 Å². The molecule has 0 spiro atoms. The number of rotatable bonds is 4. The Morgan fingerprint density at radius 1 is 1.00 bits per heavy atom. The average molecular weight is 273 g/mol. The highest BCUT2D eigenvalue weighted by molar-refractivity contribution is 5.34. The zero-order valence-electron chi connectivity index (χ0n) is 12.1. The Hall–Kier alpha value is -1.87. The van der Waals surface area contributed by atoms with E-state index in [-0.39, 0.29) is 18.0 Å². The maximum atomic E-state index is 13.0. The van der Waals surface area contributed by atoms with Gasteiger partial charge in [-0.15, -0.1) is 0 Å². The molecule has 0 aliphatic carbocycles. The van der Waals surface area contributed by atoms with Gasteiger partial charge in [0, 0.05) is 6.04 Å². The summed E-state index contributed by atoms with van der Waals surface area (Å²) in [5, 5.41) is 0. The van der Waals surface area contributed by atoms with Gasteiger partial charge < -0.3 is 10.5 Å². The smallest absolute Gasteiger partial charge is 0.138 e. The summed E-state index contributed by atoms with van der Waals surface area (Å²) in [6.07, 6.45) is -0.294. The van der Waals surface area contributed by atoms with Crippen molar-refractivity contribution >= 4 is 0 Å². The molecular formula is C17H20FNO. The summed E-state index contributed by atoms with van der Waals surface area (Å²) in [6.45, 7) is 5.98. The van der Waals surface area contributed by atoms with Gasteiger partial charge in [-0.05, 0) is 61.7 Å². The molecule has 2 N–H and O–H groups in total. The molecule has 0 saturated carbocycles. The molecule has 20 heavy (non-hydrogen) atoms. The lowest BCUT2D eigenvalue weighted by Crippen LogP contribution is -2.29. The van der Waals surface area contributed by atoms with E-state index >= 15 is 0 Å². The van der Waals surface area contributed by atoms with Gasteiger partial charge in [0.25, 0.3) is 0 Å². The highest BCUT2D eigenvalue weighted by atomic mass is 19.1. The number of ether oxygens (including phenoxy) is 1. The van der Waals surface area contributed by atoms with Crippen molar-refractivity contribution in [3.05, 3.63) is 65.0 Å². The first-order valence-corrected chi connectivity index (χ1v) is 6.72. The second-order valence-electron chi connectivity index (χ2n) is 5.20. The van der Waals surface area contributed by atoms with E-state index in [0.29, 0.717) is 0 Å². The standard InChI is InChI=1S/C17H20FNO/c1-11-4-9-16(10-12(11)2)20-17(13(3)19)14-5-7-15(18)8-6-14/h4-10,13,17H,19H2,1-3H3. The molecule has 2 unspecified atom stereocenters. The van der Waals surface area contributed by atoms with E-state index in [1.807, 2.05) is 32.0 Å². The van der Waals surface area contributed by atoms with Crippen molar-refractivity contribution in [1.29, 1.82) is 0 Å². The Kier molecular flexibility index (Phi) is 4.40. The molecule has 2 nitrogen and oxygen atoms in total. The minimum Gasteiger partial charge on any atom is -0.484 e. The molecule has 0 aliphatic heterocycles. The fraction of sp³-hybridized carbons (Fsp3) is 0.294. The molecule has 0 bridgehead atoms. The summed E-state index contributed by atoms with van der Waals surface area (Å²) in [5.41, 5.74) is 9.27. The molecule has 106 valence electrons. The largest absolute Gasteiger partial charge is 0.484 e. The minimum atomic E-state index is -0.294. The number of aryl methyl sites for hydroxylation is 2. The summed E-state index contributed by atoms with van der Waals surface area (Å²) in [5.74, 6) is 0.517. The van der Waals surface area contributed by atoms with Crippen LogP contribution in [0.1, 0.15) is 29.7 Å². The predicted octanol–water partition coefficient (Wildman–Crippen LogP) is 3.91. The average Bonchev–Trinajstić information content (AvgIpc) is 2.41. The zero-order chi connectivity index (χ0) is 14.7. The van der Waals surface area contributed by atoms with Crippen molar-refractivity contribution in [3.8, 4) is 5.75 Å². The van der Waals surface area contributed by atoms with E-state index in [1.165, 1.54) is 23.3 Å². The molecule has 0 amide bonds. The van der Waals surface area contributed by atoms with Crippen LogP contribution in [0.2, 0.25) is 0 Å². The van der Waals surface area contributed by atoms with Crippen LogP contribution in [0, 0.1) is 19.7 Å². The number of hydrogen-bond acceptors (Lipinski definition) is 2. The van der Waals surface area contributed by atoms with Gasteiger partial charge in [-0.2, -0.15) is 0 Å². The molecule has 0 aromatic heterocycles. The number of nitrogens with two attached hydrogens (primary N) is 1. The van der Waals surface area contributed by atoms with Gasteiger partial charge in [0.15, 0.2) is 0 Å². The van der Waals surface area contributed by atoms with Crippen molar-refractivity contribution in [1.82, 2.24) is 0 Å². The van der Waals surface area contributed by atoms with E-state index in [0.717, 1.165) is 11.3 Å². The summed E-state index contributed by atoms with van der Waals surface area (Å²) in [7, 11) is 0. The van der Waals surface area contributed by atoms with E-state index < -0.39 is 0 Å². The maximum Gasteiger partial charge on any atom is 0.138 e. The first-order chi connectivity index (χ1) is 9.47. The van der Waals surface area contributed by atoms with E-state index in [4.69, 9.17) is 10.5 Å². The van der Waals surface area contributed by atoms with Crippen LogP contribution < -0.4 is 10.5 Å². The van der Waals surface area contributed by atoms with Crippen molar-refractivity contribution in [3.63, 3.8) is 0 Å². The lowest BCUT2D eigenvalue weighted by atomic mass is 10.0. The molecule has 3 heteroatoms. The SMILES string of the molecule is Cc1ccc(OC(c2ccc(F)cc2)C(C)N)cc1C. The predicted molar refractivity (Wildman–Crippen MR) is 79.3 cm³/mol. The van der Waals surface area contributed by atoms with Crippen LogP contribution in [-0.2, 0) is 0 Å². The van der Waals surface area contributed by atoms with E-state index in [1.54, 1.807) is 12.1 Å². The quantitative estimate of drug-likeness (QED) is 0.916. The number of benzene rings is 2. The summed E-state index contributed by atoms with van der Waals surface area (Å²) in [4.78, 5) is 0. The van der Waals surface area contributed by atoms with Crippen LogP contribution in [0.5, 0.6) is 5.75 Å². The van der Waals surface area contributed by atoms with Gasteiger partial charge in [0.2, 0.25) is 0 Å². The molecule has 0 saturated heterocycles. The Balaban J connectivity index is 2.25. The maximum absolute atomic E-state index is 13.0. The van der Waals surface area contributed by atoms with Gasteiger partial charge in [0.1, 0.15) is 17.7 Å². The zero-order valence-corrected chi connectivity index (χ0v) is 12.1. The number of hydrogen-bond donors (Lipinski definition) is 1. The topological polar surface area (TPSA) is 35.2 Å². The van der Waals surface area contributed by atoms with Crippen molar-refractivity contribution < 1.29 is 9.13 Å². The van der Waals surface area contributed by atoms with E-state index in [9.17, 15) is 4.39 Å². The normalized spacial score (nSPS) is 13.8. The van der Waals surface area contributed by atoms with Crippen LogP contribution in [0.3, 0.4) is 0 Å². The van der Waals surface area contributed by atoms with Crippen LogP contribution in [0.4, 0.5) is 4.39 Å². The minimum absolute atomic E-state index is 0.193. The van der Waals surface area contributed by atoms with Gasteiger partial charge >= 0.3 is 0 Å². The van der Waals surface area contributed by atoms with Gasteiger partial charge in [-0.3, -0.25) is 0 Å². The Morgan fingerprint density at radius 3 is 2.20 bits per heavy atom. The molecule has 0 heterocycles. The first-order valence-electron chi connectivity index (χ1n) is 6.72. The monoisotopic (exact) mass is 273 g/mol. The molecule has 2 atom stereocenters. The second kappa shape index (κ2) is 6.06. The van der Waals surface area contributed by atoms with Crippen molar-refractivity contribution in [2.45, 2.75) is 32.9 Å². The first kappa shape index (κ1) is 14.5. The highest BCUT2D eigenvalue weighted by Gasteiger charge is 2.18. The lowest BCUT2D eigenvalue weighted by molar-refractivity contribution is 0.180. The second-order valence-corrected chi connectivity index (χ2v) is 5.20. The molecule has 2 rings (SSSR count). The third-order valence-electron chi connectivity index (χ3n) is 3.42. The van der Waals surface area contributed by atoms with Gasteiger partial charge in [0.05, 0.1) is 0 Å². The third kappa shape index (κ3) is 3.36. The van der Waals surface area contributed by atoms with Crippen molar-refractivity contribution in [2.24, 2.45) is 5.73 Å². The molecule has 2 aromatic carbocycles. The molecular weight excluding hydrogens is 253 g/mol. The lowest BCUT2D eigenvalue weighted by Gasteiger charge is -2.23. The van der Waals surface area contributed by atoms with Gasteiger partial charge in [-0.25, -0.2) is 4.39 Å². The summed E-state index contributed by atoms with van der Waals surface area (Å²) in [6, 6.07) is 12.0. The molecule has 0 aliphatic rings. The van der Waals surface area contributed by atoms with Crippen LogP contribution in [-0.4, -0.2) is 6.04 Å². The van der Waals surface area contributed by atoms with Crippen LogP contribution in [0.25, 0.3) is 0 Å². The molecule has 0 fully saturated rings. The molecule has 0 radical (unpaired) electrons. The van der Waals surface area contributed by atoms with Crippen LogP contribution in [0.15, 0.2) is 42.5 Å². The Morgan fingerprint density at radius 2 is 1.65 bits per heavy atom.